The van der Waals surface area contributed by atoms with Gasteiger partial charge in [-0.3, -0.25) is 9.36 Å². The van der Waals surface area contributed by atoms with Crippen molar-refractivity contribution in [3.63, 3.8) is 0 Å². The third kappa shape index (κ3) is 5.29. The summed E-state index contributed by atoms with van der Waals surface area (Å²) in [4.78, 5) is 15.5. The topological polar surface area (TPSA) is 72.3 Å². The van der Waals surface area contributed by atoms with Gasteiger partial charge in [0.2, 0.25) is 11.9 Å². The van der Waals surface area contributed by atoms with Gasteiger partial charge in [-0.2, -0.15) is 0 Å². The van der Waals surface area contributed by atoms with Gasteiger partial charge in [-0.15, -0.1) is 10.2 Å². The number of carbonyl (C=O) groups excluding carboxylic acids is 1. The van der Waals surface area contributed by atoms with Crippen LogP contribution in [-0.2, 0) is 9.53 Å². The minimum atomic E-state index is -0.389. The van der Waals surface area contributed by atoms with Gasteiger partial charge in [-0.05, 0) is 37.6 Å². The maximum atomic E-state index is 13.3. The fourth-order valence-electron chi connectivity index (χ4n) is 4.13. The van der Waals surface area contributed by atoms with Crippen LogP contribution >= 0.6 is 11.8 Å². The first-order chi connectivity index (χ1) is 17.6. The van der Waals surface area contributed by atoms with Crippen LogP contribution in [0.1, 0.15) is 12.5 Å². The van der Waals surface area contributed by atoms with Crippen LogP contribution in [-0.4, -0.2) is 52.2 Å². The molecule has 0 saturated carbocycles. The molecule has 36 heavy (non-hydrogen) atoms. The van der Waals surface area contributed by atoms with Gasteiger partial charge in [0.1, 0.15) is 0 Å². The Labute approximate surface area is 215 Å². The number of nitrogens with one attached hydrogen (secondary N) is 1. The molecule has 2 heterocycles. The van der Waals surface area contributed by atoms with Crippen molar-refractivity contribution in [1.29, 1.82) is 0 Å². The van der Waals surface area contributed by atoms with Crippen molar-refractivity contribution in [1.82, 2.24) is 14.8 Å². The average molecular weight is 500 g/mol. The zero-order chi connectivity index (χ0) is 24.9. The predicted molar refractivity (Wildman–Crippen MR) is 145 cm³/mol. The molecule has 1 fully saturated rings. The standard InChI is InChI=1S/C28H29N5O2S/c1-20-12-14-23(15-13-20)33-27(32-16-18-35-19-17-32)30-31-28(33)36-21(2)26(34)29-25-11-7-6-10-24(25)22-8-4-3-5-9-22/h3-15,21H,16-19H2,1-2H3,(H,29,34)/t21-/m1/s1. The van der Waals surface area contributed by atoms with Crippen molar-refractivity contribution in [3.05, 3.63) is 84.4 Å². The Balaban J connectivity index is 1.39. The molecule has 1 N–H and O–H groups in total. The van der Waals surface area contributed by atoms with Crippen molar-refractivity contribution in [2.24, 2.45) is 0 Å². The van der Waals surface area contributed by atoms with E-state index < -0.39 is 0 Å². The Morgan fingerprint density at radius 3 is 2.39 bits per heavy atom. The number of thioether (sulfide) groups is 1. The van der Waals surface area contributed by atoms with Crippen LogP contribution < -0.4 is 10.2 Å². The summed E-state index contributed by atoms with van der Waals surface area (Å²) in [7, 11) is 0. The average Bonchev–Trinajstić information content (AvgIpc) is 3.34. The van der Waals surface area contributed by atoms with Crippen molar-refractivity contribution < 1.29 is 9.53 Å². The number of hydrogen-bond donors (Lipinski definition) is 1. The number of anilines is 2. The molecule has 1 saturated heterocycles. The SMILES string of the molecule is Cc1ccc(-n2c(S[C@H](C)C(=O)Nc3ccccc3-c3ccccc3)nnc2N2CCOCC2)cc1. The Kier molecular flexibility index (Phi) is 7.34. The van der Waals surface area contributed by atoms with E-state index in [1.165, 1.54) is 17.3 Å². The van der Waals surface area contributed by atoms with E-state index in [9.17, 15) is 4.79 Å². The minimum Gasteiger partial charge on any atom is -0.378 e. The van der Waals surface area contributed by atoms with Crippen LogP contribution in [0.15, 0.2) is 84.0 Å². The summed E-state index contributed by atoms with van der Waals surface area (Å²) in [5.41, 5.74) is 4.98. The lowest BCUT2D eigenvalue weighted by atomic mass is 10.0. The van der Waals surface area contributed by atoms with Gasteiger partial charge in [0.05, 0.1) is 24.2 Å². The molecular weight excluding hydrogens is 470 g/mol. The first-order valence-corrected chi connectivity index (χ1v) is 13.0. The van der Waals surface area contributed by atoms with E-state index in [-0.39, 0.29) is 11.2 Å². The molecule has 0 radical (unpaired) electrons. The zero-order valence-corrected chi connectivity index (χ0v) is 21.2. The lowest BCUT2D eigenvalue weighted by molar-refractivity contribution is -0.115. The first kappa shape index (κ1) is 24.1. The molecule has 1 aliphatic rings. The zero-order valence-electron chi connectivity index (χ0n) is 20.4. The number of benzene rings is 3. The normalized spacial score (nSPS) is 14.4. The van der Waals surface area contributed by atoms with Gasteiger partial charge in [0.25, 0.3) is 0 Å². The Morgan fingerprint density at radius 1 is 0.944 bits per heavy atom. The molecule has 1 amide bonds. The van der Waals surface area contributed by atoms with Gasteiger partial charge in [-0.25, -0.2) is 0 Å². The third-order valence-corrected chi connectivity index (χ3v) is 7.17. The van der Waals surface area contributed by atoms with E-state index in [4.69, 9.17) is 4.74 Å². The van der Waals surface area contributed by atoms with Crippen LogP contribution in [0.5, 0.6) is 0 Å². The van der Waals surface area contributed by atoms with Crippen LogP contribution in [0.2, 0.25) is 0 Å². The molecule has 0 unspecified atom stereocenters. The summed E-state index contributed by atoms with van der Waals surface area (Å²) in [5, 5.41) is 12.4. The van der Waals surface area contributed by atoms with E-state index in [1.54, 1.807) is 0 Å². The molecule has 5 rings (SSSR count). The summed E-state index contributed by atoms with van der Waals surface area (Å²) >= 11 is 1.40. The van der Waals surface area contributed by atoms with Crippen LogP contribution in [0, 0.1) is 6.92 Å². The second kappa shape index (κ2) is 11.0. The van der Waals surface area contributed by atoms with E-state index >= 15 is 0 Å². The molecule has 0 spiro atoms. The Morgan fingerprint density at radius 2 is 1.64 bits per heavy atom. The van der Waals surface area contributed by atoms with Gasteiger partial charge < -0.3 is 15.0 Å². The summed E-state index contributed by atoms with van der Waals surface area (Å²) in [6.45, 7) is 6.77. The van der Waals surface area contributed by atoms with Crippen molar-refractivity contribution >= 4 is 29.3 Å². The molecule has 3 aromatic carbocycles. The largest absolute Gasteiger partial charge is 0.378 e. The number of rotatable bonds is 7. The number of aromatic nitrogens is 3. The molecule has 7 nitrogen and oxygen atoms in total. The highest BCUT2D eigenvalue weighted by Crippen LogP contribution is 2.32. The quantitative estimate of drug-likeness (QED) is 0.353. The number of amides is 1. The summed E-state index contributed by atoms with van der Waals surface area (Å²) < 4.78 is 7.57. The van der Waals surface area contributed by atoms with Gasteiger partial charge in [0.15, 0.2) is 5.16 Å². The Bertz CT molecular complexity index is 1320. The lowest BCUT2D eigenvalue weighted by Crippen LogP contribution is -2.38. The fraction of sp³-hybridized carbons (Fsp3) is 0.250. The van der Waals surface area contributed by atoms with Gasteiger partial charge >= 0.3 is 0 Å². The monoisotopic (exact) mass is 499 g/mol. The number of morpholine rings is 1. The predicted octanol–water partition coefficient (Wildman–Crippen LogP) is 5.20. The van der Waals surface area contributed by atoms with Gasteiger partial charge in [0, 0.05) is 24.3 Å². The minimum absolute atomic E-state index is 0.0882. The smallest absolute Gasteiger partial charge is 0.237 e. The van der Waals surface area contributed by atoms with E-state index in [1.807, 2.05) is 66.1 Å². The van der Waals surface area contributed by atoms with Gasteiger partial charge in [-0.1, -0.05) is 78.0 Å². The molecule has 8 heteroatoms. The summed E-state index contributed by atoms with van der Waals surface area (Å²) in [6.07, 6.45) is 0. The maximum absolute atomic E-state index is 13.3. The number of para-hydroxylation sites is 1. The molecule has 0 aliphatic carbocycles. The highest BCUT2D eigenvalue weighted by atomic mass is 32.2. The number of ether oxygens (including phenoxy) is 1. The number of hydrogen-bond acceptors (Lipinski definition) is 6. The van der Waals surface area contributed by atoms with Crippen molar-refractivity contribution in [3.8, 4) is 16.8 Å². The number of nitrogens with zero attached hydrogens (tertiary/aromatic N) is 4. The highest BCUT2D eigenvalue weighted by molar-refractivity contribution is 8.00. The maximum Gasteiger partial charge on any atom is 0.237 e. The van der Waals surface area contributed by atoms with E-state index in [2.05, 4.69) is 51.6 Å². The van der Waals surface area contributed by atoms with E-state index in [0.717, 1.165) is 41.5 Å². The molecule has 0 bridgehead atoms. The second-order valence-corrected chi connectivity index (χ2v) is 10.0. The van der Waals surface area contributed by atoms with Crippen molar-refractivity contribution in [2.45, 2.75) is 24.3 Å². The number of carbonyl (C=O) groups is 1. The molecule has 184 valence electrons. The molecular formula is C28H29N5O2S. The molecule has 1 aliphatic heterocycles. The molecule has 4 aromatic rings. The fourth-order valence-corrected chi connectivity index (χ4v) is 5.00. The molecule has 1 atom stereocenters. The van der Waals surface area contributed by atoms with Crippen molar-refractivity contribution in [2.75, 3.05) is 36.5 Å². The van der Waals surface area contributed by atoms with Crippen LogP contribution in [0.3, 0.4) is 0 Å². The lowest BCUT2D eigenvalue weighted by Gasteiger charge is -2.28. The summed E-state index contributed by atoms with van der Waals surface area (Å²) in [6, 6.07) is 26.2. The van der Waals surface area contributed by atoms with Crippen LogP contribution in [0.4, 0.5) is 11.6 Å². The second-order valence-electron chi connectivity index (χ2n) is 8.71. The number of aryl methyl sites for hydroxylation is 1. The Hall–Kier alpha value is -3.62. The summed E-state index contributed by atoms with van der Waals surface area (Å²) in [5.74, 6) is 0.682. The molecule has 1 aromatic heterocycles. The highest BCUT2D eigenvalue weighted by Gasteiger charge is 2.25. The van der Waals surface area contributed by atoms with E-state index in [0.29, 0.717) is 18.4 Å². The van der Waals surface area contributed by atoms with Crippen LogP contribution in [0.25, 0.3) is 16.8 Å². The third-order valence-electron chi connectivity index (χ3n) is 6.12. The first-order valence-electron chi connectivity index (χ1n) is 12.1.